The molecule has 1 aliphatic carbocycles. The normalized spacial score (nSPS) is 20.1. The third kappa shape index (κ3) is 1.34. The maximum Gasteiger partial charge on any atom is 0.317 e. The van der Waals surface area contributed by atoms with Gasteiger partial charge in [-0.15, -0.1) is 0 Å². The Morgan fingerprint density at radius 3 is 2.36 bits per heavy atom. The highest BCUT2D eigenvalue weighted by Gasteiger charge is 2.31. The summed E-state index contributed by atoms with van der Waals surface area (Å²) < 4.78 is 0. The Hall–Kier alpha value is -1.05. The van der Waals surface area contributed by atoms with E-state index in [1.165, 1.54) is 0 Å². The second kappa shape index (κ2) is 2.91. The lowest BCUT2D eigenvalue weighted by atomic mass is 9.82. The topological polar surface area (TPSA) is 37.3 Å². The SMILES string of the molecule is CCC1(C(=O)O)C=CCC=C1. The second-order valence-electron chi connectivity index (χ2n) is 2.74. The van der Waals surface area contributed by atoms with Gasteiger partial charge in [-0.25, -0.2) is 0 Å². The molecule has 2 nitrogen and oxygen atoms in total. The van der Waals surface area contributed by atoms with Gasteiger partial charge in [0.15, 0.2) is 0 Å². The van der Waals surface area contributed by atoms with Crippen LogP contribution in [0.25, 0.3) is 0 Å². The molecule has 1 aliphatic rings. The van der Waals surface area contributed by atoms with Crippen molar-refractivity contribution in [3.63, 3.8) is 0 Å². The molecule has 0 saturated heterocycles. The predicted molar refractivity (Wildman–Crippen MR) is 43.3 cm³/mol. The maximum atomic E-state index is 10.8. The molecule has 0 aromatic heterocycles. The molecule has 0 unspecified atom stereocenters. The first-order chi connectivity index (χ1) is 5.21. The predicted octanol–water partition coefficient (Wildman–Crippen LogP) is 1.98. The van der Waals surface area contributed by atoms with Crippen LogP contribution in [-0.4, -0.2) is 11.1 Å². The molecule has 0 saturated carbocycles. The Kier molecular flexibility index (Phi) is 2.13. The molecule has 1 rings (SSSR count). The fourth-order valence-corrected chi connectivity index (χ4v) is 1.22. The van der Waals surface area contributed by atoms with Crippen LogP contribution in [0.1, 0.15) is 19.8 Å². The standard InChI is InChI=1S/C9H12O2/c1-2-9(8(10)11)6-4-3-5-7-9/h4-7H,2-3H2,1H3,(H,10,11). The molecule has 1 N–H and O–H groups in total. The zero-order valence-electron chi connectivity index (χ0n) is 6.58. The first-order valence-electron chi connectivity index (χ1n) is 3.80. The van der Waals surface area contributed by atoms with E-state index >= 15 is 0 Å². The smallest absolute Gasteiger partial charge is 0.317 e. The van der Waals surface area contributed by atoms with Gasteiger partial charge in [0.2, 0.25) is 0 Å². The van der Waals surface area contributed by atoms with Crippen LogP contribution in [0.3, 0.4) is 0 Å². The van der Waals surface area contributed by atoms with Crippen molar-refractivity contribution in [2.24, 2.45) is 5.41 Å². The fraction of sp³-hybridized carbons (Fsp3) is 0.444. The minimum atomic E-state index is -0.757. The molecular weight excluding hydrogens is 140 g/mol. The summed E-state index contributed by atoms with van der Waals surface area (Å²) in [7, 11) is 0. The Bertz CT molecular complexity index is 202. The molecule has 60 valence electrons. The van der Waals surface area contributed by atoms with Crippen LogP contribution in [0.4, 0.5) is 0 Å². The van der Waals surface area contributed by atoms with Gasteiger partial charge in [-0.05, 0) is 12.8 Å². The van der Waals surface area contributed by atoms with Crippen LogP contribution in [0.2, 0.25) is 0 Å². The molecule has 0 aromatic carbocycles. The van der Waals surface area contributed by atoms with E-state index in [2.05, 4.69) is 0 Å². The number of carboxylic acids is 1. The molecule has 0 heterocycles. The quantitative estimate of drug-likeness (QED) is 0.614. The van der Waals surface area contributed by atoms with Gasteiger partial charge in [0.25, 0.3) is 0 Å². The molecule has 0 fully saturated rings. The lowest BCUT2D eigenvalue weighted by molar-refractivity contribution is -0.143. The zero-order valence-corrected chi connectivity index (χ0v) is 6.58. The van der Waals surface area contributed by atoms with Crippen LogP contribution in [0.5, 0.6) is 0 Å². The minimum Gasteiger partial charge on any atom is -0.480 e. The van der Waals surface area contributed by atoms with Gasteiger partial charge < -0.3 is 5.11 Å². The van der Waals surface area contributed by atoms with Crippen LogP contribution < -0.4 is 0 Å². The highest BCUT2D eigenvalue weighted by Crippen LogP contribution is 2.29. The summed E-state index contributed by atoms with van der Waals surface area (Å²) in [5.74, 6) is -0.757. The minimum absolute atomic E-state index is 0.620. The van der Waals surface area contributed by atoms with E-state index in [0.29, 0.717) is 6.42 Å². The number of carboxylic acid groups (broad SMARTS) is 1. The number of aliphatic carboxylic acids is 1. The number of carbonyl (C=O) groups is 1. The molecular formula is C9H12O2. The zero-order chi connectivity index (χ0) is 8.32. The summed E-state index contributed by atoms with van der Waals surface area (Å²) in [4.78, 5) is 10.8. The van der Waals surface area contributed by atoms with E-state index in [1.54, 1.807) is 12.2 Å². The van der Waals surface area contributed by atoms with Crippen molar-refractivity contribution in [3.05, 3.63) is 24.3 Å². The number of allylic oxidation sites excluding steroid dienone is 2. The third-order valence-electron chi connectivity index (χ3n) is 2.09. The monoisotopic (exact) mass is 152 g/mol. The van der Waals surface area contributed by atoms with Gasteiger partial charge in [-0.2, -0.15) is 0 Å². The molecule has 0 amide bonds. The number of hydrogen-bond donors (Lipinski definition) is 1. The van der Waals surface area contributed by atoms with Crippen molar-refractivity contribution in [3.8, 4) is 0 Å². The van der Waals surface area contributed by atoms with E-state index in [9.17, 15) is 4.79 Å². The van der Waals surface area contributed by atoms with Gasteiger partial charge in [-0.1, -0.05) is 31.2 Å². The van der Waals surface area contributed by atoms with Gasteiger partial charge in [0.1, 0.15) is 5.41 Å². The summed E-state index contributed by atoms with van der Waals surface area (Å²) in [6, 6.07) is 0. The lowest BCUT2D eigenvalue weighted by Crippen LogP contribution is -2.26. The highest BCUT2D eigenvalue weighted by atomic mass is 16.4. The molecule has 11 heavy (non-hydrogen) atoms. The molecule has 0 bridgehead atoms. The van der Waals surface area contributed by atoms with Crippen molar-refractivity contribution < 1.29 is 9.90 Å². The van der Waals surface area contributed by atoms with Crippen molar-refractivity contribution in [1.82, 2.24) is 0 Å². The second-order valence-corrected chi connectivity index (χ2v) is 2.74. The largest absolute Gasteiger partial charge is 0.480 e. The van der Waals surface area contributed by atoms with Crippen LogP contribution >= 0.6 is 0 Å². The van der Waals surface area contributed by atoms with Crippen LogP contribution in [0.15, 0.2) is 24.3 Å². The molecule has 0 aliphatic heterocycles. The van der Waals surface area contributed by atoms with Crippen molar-refractivity contribution in [2.45, 2.75) is 19.8 Å². The summed E-state index contributed by atoms with van der Waals surface area (Å²) in [5.41, 5.74) is -0.724. The first-order valence-corrected chi connectivity index (χ1v) is 3.80. The van der Waals surface area contributed by atoms with Gasteiger partial charge in [-0.3, -0.25) is 4.79 Å². The average Bonchev–Trinajstić information content (AvgIpc) is 2.05. The Morgan fingerprint density at radius 1 is 1.55 bits per heavy atom. The Morgan fingerprint density at radius 2 is 2.09 bits per heavy atom. The molecule has 2 heteroatoms. The number of rotatable bonds is 2. The third-order valence-corrected chi connectivity index (χ3v) is 2.09. The maximum absolute atomic E-state index is 10.8. The van der Waals surface area contributed by atoms with E-state index in [1.807, 2.05) is 19.1 Å². The van der Waals surface area contributed by atoms with Crippen molar-refractivity contribution >= 4 is 5.97 Å². The fourth-order valence-electron chi connectivity index (χ4n) is 1.22. The van der Waals surface area contributed by atoms with E-state index < -0.39 is 11.4 Å². The van der Waals surface area contributed by atoms with Crippen molar-refractivity contribution in [2.75, 3.05) is 0 Å². The van der Waals surface area contributed by atoms with E-state index in [4.69, 9.17) is 5.11 Å². The van der Waals surface area contributed by atoms with E-state index in [0.717, 1.165) is 6.42 Å². The van der Waals surface area contributed by atoms with Crippen molar-refractivity contribution in [1.29, 1.82) is 0 Å². The van der Waals surface area contributed by atoms with Gasteiger partial charge >= 0.3 is 5.97 Å². The summed E-state index contributed by atoms with van der Waals surface area (Å²) >= 11 is 0. The lowest BCUT2D eigenvalue weighted by Gasteiger charge is -2.21. The number of hydrogen-bond acceptors (Lipinski definition) is 1. The average molecular weight is 152 g/mol. The Balaban J connectivity index is 2.90. The summed E-state index contributed by atoms with van der Waals surface area (Å²) in [6.07, 6.45) is 8.82. The summed E-state index contributed by atoms with van der Waals surface area (Å²) in [6.45, 7) is 1.88. The van der Waals surface area contributed by atoms with E-state index in [-0.39, 0.29) is 0 Å². The highest BCUT2D eigenvalue weighted by molar-refractivity contribution is 5.79. The van der Waals surface area contributed by atoms with Crippen LogP contribution in [0, 0.1) is 5.41 Å². The Labute approximate surface area is 66.2 Å². The molecule has 0 atom stereocenters. The van der Waals surface area contributed by atoms with Crippen LogP contribution in [-0.2, 0) is 4.79 Å². The summed E-state index contributed by atoms with van der Waals surface area (Å²) in [5, 5.41) is 8.89. The molecule has 0 spiro atoms. The molecule has 0 aromatic rings. The first kappa shape index (κ1) is 8.05. The van der Waals surface area contributed by atoms with Gasteiger partial charge in [0, 0.05) is 0 Å². The molecule has 0 radical (unpaired) electrons. The van der Waals surface area contributed by atoms with Gasteiger partial charge in [0.05, 0.1) is 0 Å².